The summed E-state index contributed by atoms with van der Waals surface area (Å²) in [6, 6.07) is 11.8. The Labute approximate surface area is 132 Å². The molecule has 0 spiro atoms. The summed E-state index contributed by atoms with van der Waals surface area (Å²) in [5, 5.41) is 1.15. The van der Waals surface area contributed by atoms with Gasteiger partial charge in [0.15, 0.2) is 5.65 Å². The van der Waals surface area contributed by atoms with Crippen LogP contribution in [0.2, 0.25) is 5.02 Å². The van der Waals surface area contributed by atoms with E-state index in [0.29, 0.717) is 5.37 Å². The lowest BCUT2D eigenvalue weighted by Crippen LogP contribution is -2.05. The summed E-state index contributed by atoms with van der Waals surface area (Å²) in [6.45, 7) is 0. The zero-order chi connectivity index (χ0) is 14.2. The van der Waals surface area contributed by atoms with E-state index in [1.807, 2.05) is 48.3 Å². The predicted molar refractivity (Wildman–Crippen MR) is 88.7 cm³/mol. The minimum absolute atomic E-state index is 0.416. The highest BCUT2D eigenvalue weighted by Gasteiger charge is 2.24. The Balaban J connectivity index is 1.97. The Bertz CT molecular complexity index is 793. The number of imidazole rings is 1. The molecule has 1 aliphatic rings. The molecule has 0 N–H and O–H groups in total. The zero-order valence-corrected chi connectivity index (χ0v) is 12.9. The second kappa shape index (κ2) is 5.35. The van der Waals surface area contributed by atoms with Crippen LogP contribution in [0.5, 0.6) is 0 Å². The molecule has 3 heterocycles. The molecule has 1 unspecified atom stereocenters. The van der Waals surface area contributed by atoms with Gasteiger partial charge in [-0.25, -0.2) is 9.97 Å². The van der Waals surface area contributed by atoms with Gasteiger partial charge < -0.3 is 0 Å². The Morgan fingerprint density at radius 2 is 2.19 bits per heavy atom. The Morgan fingerprint density at radius 3 is 3.00 bits per heavy atom. The minimum Gasteiger partial charge on any atom is -0.296 e. The van der Waals surface area contributed by atoms with Crippen molar-refractivity contribution in [3.05, 3.63) is 47.6 Å². The lowest BCUT2D eigenvalue weighted by Gasteiger charge is -2.15. The number of nitrogens with zero attached hydrogens (tertiary/aromatic N) is 3. The highest BCUT2D eigenvalue weighted by Crippen LogP contribution is 2.40. The molecule has 5 heteroatoms. The van der Waals surface area contributed by atoms with Crippen LogP contribution in [0.25, 0.3) is 22.6 Å². The summed E-state index contributed by atoms with van der Waals surface area (Å²) in [5.41, 5.74) is 2.96. The van der Waals surface area contributed by atoms with E-state index in [4.69, 9.17) is 16.6 Å². The molecule has 0 aliphatic carbocycles. The first-order chi connectivity index (χ1) is 10.3. The first-order valence-corrected chi connectivity index (χ1v) is 8.46. The summed E-state index contributed by atoms with van der Waals surface area (Å²) in [6.07, 6.45) is 4.25. The molecule has 4 rings (SSSR count). The molecule has 1 aromatic carbocycles. The average Bonchev–Trinajstić information content (AvgIpc) is 3.14. The van der Waals surface area contributed by atoms with Crippen LogP contribution in [0.15, 0.2) is 42.6 Å². The normalized spacial score (nSPS) is 18.4. The highest BCUT2D eigenvalue weighted by molar-refractivity contribution is 7.99. The van der Waals surface area contributed by atoms with Gasteiger partial charge in [-0.1, -0.05) is 23.7 Å². The minimum atomic E-state index is 0.416. The van der Waals surface area contributed by atoms with Gasteiger partial charge in [-0.15, -0.1) is 11.8 Å². The first-order valence-electron chi connectivity index (χ1n) is 7.03. The molecule has 0 amide bonds. The number of fused-ring (bicyclic) bond motifs is 1. The molecular weight excluding hydrogens is 302 g/mol. The SMILES string of the molecule is Clc1cccc(-c2nc3cccnc3n2C2CCCS2)c1. The predicted octanol–water partition coefficient (Wildman–Crippen LogP) is 4.78. The molecule has 1 aliphatic heterocycles. The van der Waals surface area contributed by atoms with Crippen LogP contribution in [-0.2, 0) is 0 Å². The number of aromatic nitrogens is 3. The molecule has 1 saturated heterocycles. The molecule has 21 heavy (non-hydrogen) atoms. The molecule has 3 nitrogen and oxygen atoms in total. The van der Waals surface area contributed by atoms with E-state index < -0.39 is 0 Å². The Morgan fingerprint density at radius 1 is 1.24 bits per heavy atom. The van der Waals surface area contributed by atoms with Gasteiger partial charge in [-0.3, -0.25) is 4.57 Å². The highest BCUT2D eigenvalue weighted by atomic mass is 35.5. The van der Waals surface area contributed by atoms with Crippen molar-refractivity contribution in [3.63, 3.8) is 0 Å². The van der Waals surface area contributed by atoms with E-state index in [1.165, 1.54) is 18.6 Å². The third kappa shape index (κ3) is 2.32. The van der Waals surface area contributed by atoms with Gasteiger partial charge in [-0.05, 0) is 42.9 Å². The fourth-order valence-electron chi connectivity index (χ4n) is 2.80. The quantitative estimate of drug-likeness (QED) is 0.682. The van der Waals surface area contributed by atoms with Crippen LogP contribution >= 0.6 is 23.4 Å². The van der Waals surface area contributed by atoms with Crippen LogP contribution in [0.1, 0.15) is 18.2 Å². The van der Waals surface area contributed by atoms with E-state index in [0.717, 1.165) is 27.6 Å². The average molecular weight is 316 g/mol. The van der Waals surface area contributed by atoms with Crippen molar-refractivity contribution in [2.75, 3.05) is 5.75 Å². The van der Waals surface area contributed by atoms with Crippen molar-refractivity contribution in [2.24, 2.45) is 0 Å². The van der Waals surface area contributed by atoms with Crippen molar-refractivity contribution in [1.29, 1.82) is 0 Å². The van der Waals surface area contributed by atoms with Gasteiger partial charge in [0.25, 0.3) is 0 Å². The number of benzene rings is 1. The smallest absolute Gasteiger partial charge is 0.161 e. The Hall–Kier alpha value is -1.52. The molecule has 106 valence electrons. The summed E-state index contributed by atoms with van der Waals surface area (Å²) >= 11 is 8.13. The molecule has 0 bridgehead atoms. The van der Waals surface area contributed by atoms with Gasteiger partial charge in [-0.2, -0.15) is 0 Å². The van der Waals surface area contributed by atoms with Crippen LogP contribution in [0, 0.1) is 0 Å². The van der Waals surface area contributed by atoms with Crippen LogP contribution in [0.4, 0.5) is 0 Å². The largest absolute Gasteiger partial charge is 0.296 e. The standard InChI is InChI=1S/C16H14ClN3S/c17-12-5-1-4-11(10-12)15-19-13-6-2-8-18-16(13)20(15)14-7-3-9-21-14/h1-2,4-6,8,10,14H,3,7,9H2. The number of rotatable bonds is 2. The van der Waals surface area contributed by atoms with Gasteiger partial charge in [0, 0.05) is 16.8 Å². The topological polar surface area (TPSA) is 30.7 Å². The van der Waals surface area contributed by atoms with E-state index in [1.54, 1.807) is 0 Å². The molecule has 1 atom stereocenters. The number of hydrogen-bond donors (Lipinski definition) is 0. The monoisotopic (exact) mass is 315 g/mol. The second-order valence-corrected chi connectivity index (χ2v) is 6.85. The van der Waals surface area contributed by atoms with Crippen LogP contribution < -0.4 is 0 Å². The molecular formula is C16H14ClN3S. The zero-order valence-electron chi connectivity index (χ0n) is 11.4. The number of pyridine rings is 1. The first kappa shape index (κ1) is 13.2. The van der Waals surface area contributed by atoms with Gasteiger partial charge in [0.05, 0.1) is 5.37 Å². The van der Waals surface area contributed by atoms with Crippen LogP contribution in [0.3, 0.4) is 0 Å². The van der Waals surface area contributed by atoms with Crippen molar-refractivity contribution in [1.82, 2.24) is 14.5 Å². The van der Waals surface area contributed by atoms with E-state index in [2.05, 4.69) is 15.6 Å². The summed E-state index contributed by atoms with van der Waals surface area (Å²) in [5.74, 6) is 2.16. The number of halogens is 1. The maximum Gasteiger partial charge on any atom is 0.161 e. The maximum atomic E-state index is 6.15. The number of hydrogen-bond acceptors (Lipinski definition) is 3. The van der Waals surface area contributed by atoms with Crippen molar-refractivity contribution in [2.45, 2.75) is 18.2 Å². The summed E-state index contributed by atoms with van der Waals surface area (Å²) in [7, 11) is 0. The van der Waals surface area contributed by atoms with Crippen molar-refractivity contribution >= 4 is 34.5 Å². The third-order valence-corrected chi connectivity index (χ3v) is 5.32. The summed E-state index contributed by atoms with van der Waals surface area (Å²) < 4.78 is 2.28. The van der Waals surface area contributed by atoms with Crippen LogP contribution in [-0.4, -0.2) is 20.3 Å². The Kier molecular flexibility index (Phi) is 3.36. The van der Waals surface area contributed by atoms with E-state index in [-0.39, 0.29) is 0 Å². The second-order valence-electron chi connectivity index (χ2n) is 5.13. The molecule has 1 fully saturated rings. The summed E-state index contributed by atoms with van der Waals surface area (Å²) in [4.78, 5) is 9.35. The van der Waals surface area contributed by atoms with E-state index >= 15 is 0 Å². The van der Waals surface area contributed by atoms with Crippen molar-refractivity contribution < 1.29 is 0 Å². The molecule has 2 aromatic heterocycles. The molecule has 0 radical (unpaired) electrons. The fourth-order valence-corrected chi connectivity index (χ4v) is 4.28. The third-order valence-electron chi connectivity index (χ3n) is 3.73. The molecule has 0 saturated carbocycles. The molecule has 3 aromatic rings. The van der Waals surface area contributed by atoms with Gasteiger partial charge in [0.2, 0.25) is 0 Å². The lowest BCUT2D eigenvalue weighted by molar-refractivity contribution is 0.661. The van der Waals surface area contributed by atoms with E-state index in [9.17, 15) is 0 Å². The van der Waals surface area contributed by atoms with Crippen molar-refractivity contribution in [3.8, 4) is 11.4 Å². The van der Waals surface area contributed by atoms with Gasteiger partial charge in [0.1, 0.15) is 11.3 Å². The van der Waals surface area contributed by atoms with Gasteiger partial charge >= 0.3 is 0 Å². The maximum absolute atomic E-state index is 6.15. The number of thioether (sulfide) groups is 1. The fraction of sp³-hybridized carbons (Fsp3) is 0.250. The lowest BCUT2D eigenvalue weighted by atomic mass is 10.2.